The third kappa shape index (κ3) is 12.9. The Morgan fingerprint density at radius 2 is 1.50 bits per heavy atom. The number of aliphatic hydroxyl groups excluding tert-OH is 1. The first-order valence-corrected chi connectivity index (χ1v) is 12.0. The van der Waals surface area contributed by atoms with Crippen molar-refractivity contribution in [2.45, 2.75) is 72.2 Å². The maximum Gasteiger partial charge on any atom is 0.308 e. The fourth-order valence-corrected chi connectivity index (χ4v) is 3.23. The van der Waals surface area contributed by atoms with Gasteiger partial charge in [0.2, 0.25) is 11.8 Å². The Bertz CT molecular complexity index is 614. The lowest BCUT2D eigenvalue weighted by Crippen LogP contribution is -2.54. The number of ether oxygens (including phenoxy) is 2. The van der Waals surface area contributed by atoms with Crippen LogP contribution in [0.25, 0.3) is 0 Å². The SMILES string of the molecule is CC(C)NC(=O)C(CO)NC(=O)C(N)CSCC(CCOC(=O)C(C)C)OC(=O)C(C)C. The molecular weight excluding hydrogens is 438 g/mol. The summed E-state index contributed by atoms with van der Waals surface area (Å²) in [7, 11) is 0. The van der Waals surface area contributed by atoms with Crippen LogP contribution in [0.15, 0.2) is 0 Å². The van der Waals surface area contributed by atoms with Crippen LogP contribution in [0, 0.1) is 11.8 Å². The van der Waals surface area contributed by atoms with Crippen LogP contribution in [-0.4, -0.2) is 77.8 Å². The van der Waals surface area contributed by atoms with Gasteiger partial charge in [0.05, 0.1) is 31.1 Å². The van der Waals surface area contributed by atoms with Gasteiger partial charge in [-0.15, -0.1) is 0 Å². The highest BCUT2D eigenvalue weighted by molar-refractivity contribution is 7.99. The van der Waals surface area contributed by atoms with Crippen molar-refractivity contribution in [3.05, 3.63) is 0 Å². The topological polar surface area (TPSA) is 157 Å². The molecule has 0 aliphatic rings. The van der Waals surface area contributed by atoms with Crippen LogP contribution in [0.5, 0.6) is 0 Å². The number of thioether (sulfide) groups is 1. The first-order chi connectivity index (χ1) is 14.9. The summed E-state index contributed by atoms with van der Waals surface area (Å²) in [6.07, 6.45) is -0.181. The summed E-state index contributed by atoms with van der Waals surface area (Å²) in [5.41, 5.74) is 5.91. The van der Waals surface area contributed by atoms with E-state index >= 15 is 0 Å². The summed E-state index contributed by atoms with van der Waals surface area (Å²) >= 11 is 1.30. The summed E-state index contributed by atoms with van der Waals surface area (Å²) in [4.78, 5) is 47.8. The molecule has 0 spiro atoms. The third-order valence-corrected chi connectivity index (χ3v) is 5.30. The van der Waals surface area contributed by atoms with Gasteiger partial charge in [-0.3, -0.25) is 19.2 Å². The normalized spacial score (nSPS) is 14.1. The van der Waals surface area contributed by atoms with Gasteiger partial charge in [-0.1, -0.05) is 27.7 Å². The smallest absolute Gasteiger partial charge is 0.308 e. The zero-order valence-corrected chi connectivity index (χ0v) is 20.7. The van der Waals surface area contributed by atoms with Gasteiger partial charge < -0.3 is 30.9 Å². The van der Waals surface area contributed by atoms with E-state index in [9.17, 15) is 24.3 Å². The Kier molecular flexibility index (Phi) is 15.0. The van der Waals surface area contributed by atoms with Crippen LogP contribution in [0.2, 0.25) is 0 Å². The molecule has 0 radical (unpaired) electrons. The van der Waals surface area contributed by atoms with E-state index in [4.69, 9.17) is 15.2 Å². The molecule has 3 atom stereocenters. The summed E-state index contributed by atoms with van der Waals surface area (Å²) in [5, 5.41) is 14.4. The molecule has 0 saturated heterocycles. The zero-order chi connectivity index (χ0) is 24.8. The molecule has 5 N–H and O–H groups in total. The van der Waals surface area contributed by atoms with E-state index in [1.54, 1.807) is 41.5 Å². The monoisotopic (exact) mass is 477 g/mol. The van der Waals surface area contributed by atoms with E-state index in [0.29, 0.717) is 12.2 Å². The Hall–Kier alpha value is -1.85. The van der Waals surface area contributed by atoms with Crippen molar-refractivity contribution in [3.63, 3.8) is 0 Å². The fraction of sp³-hybridized carbons (Fsp3) is 0.810. The van der Waals surface area contributed by atoms with Gasteiger partial charge in [0.25, 0.3) is 0 Å². The maximum absolute atomic E-state index is 12.3. The molecule has 32 heavy (non-hydrogen) atoms. The Balaban J connectivity index is 4.67. The molecule has 0 aliphatic heterocycles. The van der Waals surface area contributed by atoms with Crippen molar-refractivity contribution >= 4 is 35.5 Å². The van der Waals surface area contributed by atoms with Crippen LogP contribution >= 0.6 is 11.8 Å². The molecule has 0 saturated carbocycles. The molecule has 0 aliphatic carbocycles. The highest BCUT2D eigenvalue weighted by Gasteiger charge is 2.24. The van der Waals surface area contributed by atoms with Gasteiger partial charge in [-0.2, -0.15) is 11.8 Å². The molecular formula is C21H39N3O7S. The molecule has 0 rings (SSSR count). The molecule has 0 aromatic rings. The number of hydrogen-bond acceptors (Lipinski definition) is 9. The Labute approximate surface area is 194 Å². The number of esters is 2. The van der Waals surface area contributed by atoms with Crippen molar-refractivity contribution < 1.29 is 33.8 Å². The van der Waals surface area contributed by atoms with E-state index in [1.165, 1.54) is 11.8 Å². The van der Waals surface area contributed by atoms with Gasteiger partial charge in [-0.25, -0.2) is 0 Å². The lowest BCUT2D eigenvalue weighted by Gasteiger charge is -2.21. The highest BCUT2D eigenvalue weighted by Crippen LogP contribution is 2.13. The van der Waals surface area contributed by atoms with Gasteiger partial charge in [0, 0.05) is 24.0 Å². The van der Waals surface area contributed by atoms with Crippen LogP contribution in [0.1, 0.15) is 48.0 Å². The third-order valence-electron chi connectivity index (χ3n) is 4.09. The summed E-state index contributed by atoms with van der Waals surface area (Å²) in [6.45, 7) is 10.0. The number of carbonyl (C=O) groups is 4. The molecule has 2 amide bonds. The minimum absolute atomic E-state index is 0.114. The lowest BCUT2D eigenvalue weighted by atomic mass is 10.2. The minimum atomic E-state index is -1.09. The van der Waals surface area contributed by atoms with Gasteiger partial charge in [-0.05, 0) is 13.8 Å². The van der Waals surface area contributed by atoms with Crippen molar-refractivity contribution in [3.8, 4) is 0 Å². The molecule has 10 nitrogen and oxygen atoms in total. The second kappa shape index (κ2) is 15.9. The molecule has 0 aromatic carbocycles. The predicted octanol–water partition coefficient (Wildman–Crippen LogP) is 0.206. The minimum Gasteiger partial charge on any atom is -0.465 e. The average Bonchev–Trinajstić information content (AvgIpc) is 2.70. The predicted molar refractivity (Wildman–Crippen MR) is 123 cm³/mol. The number of rotatable bonds is 15. The maximum atomic E-state index is 12.3. The van der Waals surface area contributed by atoms with E-state index in [0.717, 1.165) is 0 Å². The highest BCUT2D eigenvalue weighted by atomic mass is 32.2. The van der Waals surface area contributed by atoms with Crippen molar-refractivity contribution in [2.24, 2.45) is 17.6 Å². The van der Waals surface area contributed by atoms with E-state index in [2.05, 4.69) is 10.6 Å². The molecule has 3 unspecified atom stereocenters. The molecule has 0 fully saturated rings. The van der Waals surface area contributed by atoms with Gasteiger partial charge in [0.15, 0.2) is 0 Å². The lowest BCUT2D eigenvalue weighted by molar-refractivity contribution is -0.154. The standard InChI is InChI=1S/C21H39N3O7S/c1-12(2)20(28)30-8-7-15(31-21(29)13(3)4)10-32-11-16(22)18(26)24-17(9-25)19(27)23-14(5)6/h12-17,25H,7-11,22H2,1-6H3,(H,23,27)(H,24,26). The quantitative estimate of drug-likeness (QED) is 0.242. The average molecular weight is 478 g/mol. The Morgan fingerprint density at radius 3 is 2.00 bits per heavy atom. The van der Waals surface area contributed by atoms with E-state index < -0.39 is 36.6 Å². The Morgan fingerprint density at radius 1 is 0.906 bits per heavy atom. The van der Waals surface area contributed by atoms with Crippen molar-refractivity contribution in [2.75, 3.05) is 24.7 Å². The van der Waals surface area contributed by atoms with Crippen LogP contribution in [0.4, 0.5) is 0 Å². The molecule has 0 aromatic heterocycles. The summed E-state index contributed by atoms with van der Waals surface area (Å²) < 4.78 is 10.6. The number of carbonyl (C=O) groups excluding carboxylic acids is 4. The van der Waals surface area contributed by atoms with Crippen LogP contribution < -0.4 is 16.4 Å². The first-order valence-electron chi connectivity index (χ1n) is 10.8. The van der Waals surface area contributed by atoms with Gasteiger partial charge >= 0.3 is 11.9 Å². The number of aliphatic hydroxyl groups is 1. The first kappa shape index (κ1) is 30.1. The number of nitrogens with two attached hydrogens (primary N) is 1. The van der Waals surface area contributed by atoms with E-state index in [-0.39, 0.29) is 42.2 Å². The second-order valence-electron chi connectivity index (χ2n) is 8.38. The molecule has 0 heterocycles. The zero-order valence-electron chi connectivity index (χ0n) is 19.9. The number of hydrogen-bond donors (Lipinski definition) is 4. The van der Waals surface area contributed by atoms with Crippen LogP contribution in [0.3, 0.4) is 0 Å². The number of nitrogens with one attached hydrogen (secondary N) is 2. The second-order valence-corrected chi connectivity index (χ2v) is 9.45. The molecule has 0 bridgehead atoms. The molecule has 186 valence electrons. The largest absolute Gasteiger partial charge is 0.465 e. The fourth-order valence-electron chi connectivity index (χ4n) is 2.19. The molecule has 11 heteroatoms. The van der Waals surface area contributed by atoms with E-state index in [1.807, 2.05) is 0 Å². The van der Waals surface area contributed by atoms with Crippen molar-refractivity contribution in [1.29, 1.82) is 0 Å². The van der Waals surface area contributed by atoms with Gasteiger partial charge in [0.1, 0.15) is 12.1 Å². The van der Waals surface area contributed by atoms with Crippen LogP contribution in [-0.2, 0) is 28.7 Å². The summed E-state index contributed by atoms with van der Waals surface area (Å²) in [6, 6.07) is -2.15. The summed E-state index contributed by atoms with van der Waals surface area (Å²) in [5.74, 6) is -1.75. The number of amides is 2. The van der Waals surface area contributed by atoms with Crippen molar-refractivity contribution in [1.82, 2.24) is 10.6 Å².